The van der Waals surface area contributed by atoms with E-state index in [1.807, 2.05) is 0 Å². The highest BCUT2D eigenvalue weighted by Crippen LogP contribution is 2.16. The maximum Gasteiger partial charge on any atom is 0.251 e. The summed E-state index contributed by atoms with van der Waals surface area (Å²) in [5.74, 6) is 0.774. The average molecular weight is 438 g/mol. The lowest BCUT2D eigenvalue weighted by Crippen LogP contribution is -2.48. The SMILES string of the molecule is CCNC(=NCCNC(=O)c1ccc(O)cc1)NC1CCN(Cc2ccccc2C)CC1. The summed E-state index contributed by atoms with van der Waals surface area (Å²) in [5, 5.41) is 19.0. The molecule has 0 saturated carbocycles. The van der Waals surface area contributed by atoms with Gasteiger partial charge in [0.2, 0.25) is 0 Å². The lowest BCUT2D eigenvalue weighted by atomic mass is 10.0. The van der Waals surface area contributed by atoms with Gasteiger partial charge in [-0.1, -0.05) is 24.3 Å². The molecule has 32 heavy (non-hydrogen) atoms. The van der Waals surface area contributed by atoms with Crippen molar-refractivity contribution < 1.29 is 9.90 Å². The molecular formula is C25H35N5O2. The van der Waals surface area contributed by atoms with Gasteiger partial charge in [-0.25, -0.2) is 0 Å². The Balaban J connectivity index is 1.41. The van der Waals surface area contributed by atoms with Crippen molar-refractivity contribution in [3.8, 4) is 5.75 Å². The standard InChI is InChI=1S/C25H35N5O2/c1-3-26-25(28-15-14-27-24(32)20-8-10-23(31)11-9-20)29-22-12-16-30(17-13-22)18-21-7-5-4-6-19(21)2/h4-11,22,31H,3,12-18H2,1-2H3,(H,27,32)(H2,26,28,29). The second-order valence-electron chi connectivity index (χ2n) is 8.18. The number of amides is 1. The van der Waals surface area contributed by atoms with E-state index in [4.69, 9.17) is 0 Å². The lowest BCUT2D eigenvalue weighted by Gasteiger charge is -2.33. The van der Waals surface area contributed by atoms with Gasteiger partial charge in [-0.05, 0) is 62.1 Å². The molecule has 3 rings (SSSR count). The second-order valence-corrected chi connectivity index (χ2v) is 8.18. The number of benzene rings is 2. The number of hydrogen-bond donors (Lipinski definition) is 4. The first-order chi connectivity index (χ1) is 15.5. The summed E-state index contributed by atoms with van der Waals surface area (Å²) in [6.07, 6.45) is 2.15. The Hall–Kier alpha value is -3.06. The third-order valence-electron chi connectivity index (χ3n) is 5.72. The van der Waals surface area contributed by atoms with Gasteiger partial charge >= 0.3 is 0 Å². The molecule has 1 heterocycles. The zero-order valence-electron chi connectivity index (χ0n) is 19.1. The van der Waals surface area contributed by atoms with Gasteiger partial charge in [0.1, 0.15) is 5.75 Å². The molecule has 0 aliphatic carbocycles. The summed E-state index contributed by atoms with van der Waals surface area (Å²) in [7, 11) is 0. The quantitative estimate of drug-likeness (QED) is 0.290. The number of carbonyl (C=O) groups is 1. The minimum absolute atomic E-state index is 0.147. The molecule has 7 heteroatoms. The molecule has 1 aliphatic heterocycles. The van der Waals surface area contributed by atoms with Crippen LogP contribution in [0.3, 0.4) is 0 Å². The van der Waals surface area contributed by atoms with Crippen LogP contribution in [0.4, 0.5) is 0 Å². The Bertz CT molecular complexity index is 889. The number of guanidine groups is 1. The van der Waals surface area contributed by atoms with Crippen molar-refractivity contribution in [3.05, 3.63) is 65.2 Å². The summed E-state index contributed by atoms with van der Waals surface area (Å²) < 4.78 is 0. The number of aryl methyl sites for hydroxylation is 1. The van der Waals surface area contributed by atoms with Crippen LogP contribution in [0.15, 0.2) is 53.5 Å². The smallest absolute Gasteiger partial charge is 0.251 e. The van der Waals surface area contributed by atoms with E-state index in [0.717, 1.165) is 45.0 Å². The molecule has 2 aromatic carbocycles. The summed E-state index contributed by atoms with van der Waals surface area (Å²) >= 11 is 0. The molecule has 1 saturated heterocycles. The molecule has 0 spiro atoms. The van der Waals surface area contributed by atoms with Crippen molar-refractivity contribution in [2.75, 3.05) is 32.7 Å². The number of rotatable bonds is 8. The maximum atomic E-state index is 12.1. The van der Waals surface area contributed by atoms with Crippen LogP contribution in [0.25, 0.3) is 0 Å². The van der Waals surface area contributed by atoms with E-state index in [0.29, 0.717) is 24.7 Å². The number of phenols is 1. The molecule has 2 aromatic rings. The van der Waals surface area contributed by atoms with Crippen LogP contribution < -0.4 is 16.0 Å². The van der Waals surface area contributed by atoms with Gasteiger partial charge in [-0.3, -0.25) is 14.7 Å². The van der Waals surface area contributed by atoms with Crippen LogP contribution in [0.1, 0.15) is 41.3 Å². The fourth-order valence-electron chi connectivity index (χ4n) is 3.83. The lowest BCUT2D eigenvalue weighted by molar-refractivity contribution is 0.0955. The highest BCUT2D eigenvalue weighted by molar-refractivity contribution is 5.94. The molecule has 4 N–H and O–H groups in total. The summed E-state index contributed by atoms with van der Waals surface area (Å²) in [6, 6.07) is 15.2. The predicted molar refractivity (Wildman–Crippen MR) is 129 cm³/mol. The fraction of sp³-hybridized carbons (Fsp3) is 0.440. The van der Waals surface area contributed by atoms with Gasteiger partial charge in [0.05, 0.1) is 6.54 Å². The third kappa shape index (κ3) is 7.27. The van der Waals surface area contributed by atoms with Crippen molar-refractivity contribution in [1.29, 1.82) is 0 Å². The highest BCUT2D eigenvalue weighted by Gasteiger charge is 2.20. The Labute approximate surface area is 190 Å². The molecule has 172 valence electrons. The number of nitrogens with one attached hydrogen (secondary N) is 3. The second kappa shape index (κ2) is 12.1. The van der Waals surface area contributed by atoms with Crippen LogP contribution >= 0.6 is 0 Å². The van der Waals surface area contributed by atoms with Gasteiger partial charge in [0.25, 0.3) is 5.91 Å². The van der Waals surface area contributed by atoms with Crippen molar-refractivity contribution in [2.45, 2.75) is 39.3 Å². The Morgan fingerprint density at radius 1 is 1.09 bits per heavy atom. The Morgan fingerprint density at radius 2 is 1.81 bits per heavy atom. The van der Waals surface area contributed by atoms with Gasteiger partial charge in [0, 0.05) is 44.3 Å². The molecule has 0 bridgehead atoms. The average Bonchev–Trinajstić information content (AvgIpc) is 2.80. The zero-order chi connectivity index (χ0) is 22.8. The molecule has 0 atom stereocenters. The summed E-state index contributed by atoms with van der Waals surface area (Å²) in [6.45, 7) is 9.09. The molecule has 0 aromatic heterocycles. The largest absolute Gasteiger partial charge is 0.508 e. The Morgan fingerprint density at radius 3 is 2.50 bits per heavy atom. The first-order valence-electron chi connectivity index (χ1n) is 11.4. The molecule has 0 radical (unpaired) electrons. The van der Waals surface area contributed by atoms with Crippen LogP contribution in [-0.2, 0) is 6.54 Å². The van der Waals surface area contributed by atoms with Crippen molar-refractivity contribution in [3.63, 3.8) is 0 Å². The number of aromatic hydroxyl groups is 1. The summed E-state index contributed by atoms with van der Waals surface area (Å²) in [4.78, 5) is 19.3. The number of nitrogens with zero attached hydrogens (tertiary/aromatic N) is 2. The zero-order valence-corrected chi connectivity index (χ0v) is 19.1. The third-order valence-corrected chi connectivity index (χ3v) is 5.72. The van der Waals surface area contributed by atoms with Crippen LogP contribution in [0.2, 0.25) is 0 Å². The first-order valence-corrected chi connectivity index (χ1v) is 11.4. The fourth-order valence-corrected chi connectivity index (χ4v) is 3.83. The van der Waals surface area contributed by atoms with Crippen molar-refractivity contribution in [2.24, 2.45) is 4.99 Å². The number of aliphatic imine (C=N–C) groups is 1. The van der Waals surface area contributed by atoms with E-state index in [9.17, 15) is 9.90 Å². The van der Waals surface area contributed by atoms with E-state index >= 15 is 0 Å². The molecule has 1 aliphatic rings. The molecule has 1 amide bonds. The molecule has 1 fully saturated rings. The van der Waals surface area contributed by atoms with E-state index < -0.39 is 0 Å². The molecular weight excluding hydrogens is 402 g/mol. The van der Waals surface area contributed by atoms with E-state index in [-0.39, 0.29) is 11.7 Å². The minimum atomic E-state index is -0.167. The van der Waals surface area contributed by atoms with Crippen LogP contribution in [-0.4, -0.2) is 60.6 Å². The number of likely N-dealkylation sites (tertiary alicyclic amines) is 1. The number of phenolic OH excluding ortho intramolecular Hbond substituents is 1. The topological polar surface area (TPSA) is 89.0 Å². The minimum Gasteiger partial charge on any atom is -0.508 e. The first kappa shape index (κ1) is 23.6. The van der Waals surface area contributed by atoms with Crippen molar-refractivity contribution >= 4 is 11.9 Å². The molecule has 0 unspecified atom stereocenters. The number of carbonyl (C=O) groups excluding carboxylic acids is 1. The Kier molecular flexibility index (Phi) is 8.92. The molecule has 7 nitrogen and oxygen atoms in total. The van der Waals surface area contributed by atoms with Crippen LogP contribution in [0.5, 0.6) is 5.75 Å². The van der Waals surface area contributed by atoms with Gasteiger partial charge in [-0.15, -0.1) is 0 Å². The van der Waals surface area contributed by atoms with Gasteiger partial charge in [-0.2, -0.15) is 0 Å². The number of piperidine rings is 1. The van der Waals surface area contributed by atoms with Crippen molar-refractivity contribution in [1.82, 2.24) is 20.9 Å². The maximum absolute atomic E-state index is 12.1. The van der Waals surface area contributed by atoms with E-state index in [1.165, 1.54) is 23.3 Å². The number of hydrogen-bond acceptors (Lipinski definition) is 4. The highest BCUT2D eigenvalue weighted by atomic mass is 16.3. The van der Waals surface area contributed by atoms with Gasteiger partial charge in [0.15, 0.2) is 5.96 Å². The van der Waals surface area contributed by atoms with E-state index in [2.05, 4.69) is 64.0 Å². The normalized spacial score (nSPS) is 15.4. The van der Waals surface area contributed by atoms with Gasteiger partial charge < -0.3 is 21.1 Å². The monoisotopic (exact) mass is 437 g/mol. The van der Waals surface area contributed by atoms with Crippen LogP contribution in [0, 0.1) is 6.92 Å². The van der Waals surface area contributed by atoms with E-state index in [1.54, 1.807) is 12.1 Å². The predicted octanol–water partition coefficient (Wildman–Crippen LogP) is 2.65. The summed E-state index contributed by atoms with van der Waals surface area (Å²) in [5.41, 5.74) is 3.28.